The van der Waals surface area contributed by atoms with E-state index in [2.05, 4.69) is 23.3 Å². The van der Waals surface area contributed by atoms with Gasteiger partial charge >= 0.3 is 11.9 Å². The van der Waals surface area contributed by atoms with Crippen LogP contribution in [-0.4, -0.2) is 47.1 Å². The van der Waals surface area contributed by atoms with E-state index in [0.29, 0.717) is 21.7 Å². The van der Waals surface area contributed by atoms with Crippen LogP contribution in [0.5, 0.6) is 0 Å². The van der Waals surface area contributed by atoms with Crippen LogP contribution >= 0.6 is 24.0 Å². The van der Waals surface area contributed by atoms with Crippen molar-refractivity contribution >= 4 is 57.6 Å². The summed E-state index contributed by atoms with van der Waals surface area (Å²) in [7, 11) is 0. The molecule has 0 bridgehead atoms. The highest BCUT2D eigenvalue weighted by Crippen LogP contribution is 2.31. The number of amides is 1. The van der Waals surface area contributed by atoms with Crippen molar-refractivity contribution in [3.63, 3.8) is 0 Å². The van der Waals surface area contributed by atoms with Gasteiger partial charge in [0.1, 0.15) is 17.5 Å². The van der Waals surface area contributed by atoms with Crippen molar-refractivity contribution < 1.29 is 33.6 Å². The third kappa shape index (κ3) is 6.47. The monoisotopic (exact) mass is 535 g/mol. The minimum absolute atomic E-state index is 0.0954. The first-order valence-electron chi connectivity index (χ1n) is 11.0. The van der Waals surface area contributed by atoms with Crippen LogP contribution in [0, 0.1) is 28.9 Å². The molecule has 36 heavy (non-hydrogen) atoms. The molecule has 3 rings (SSSR count). The summed E-state index contributed by atoms with van der Waals surface area (Å²) in [6.07, 6.45) is 0.175. The zero-order chi connectivity index (χ0) is 26.4. The molecule has 3 atom stereocenters. The van der Waals surface area contributed by atoms with Crippen molar-refractivity contribution in [2.45, 2.75) is 32.9 Å². The Labute approximate surface area is 216 Å². The number of hydrogen-bond acceptors (Lipinski definition) is 10. The highest BCUT2D eigenvalue weighted by molar-refractivity contribution is 7.96. The summed E-state index contributed by atoms with van der Waals surface area (Å²) < 4.78 is 10.3. The third-order valence-electron chi connectivity index (χ3n) is 5.69. The molecule has 2 heterocycles. The van der Waals surface area contributed by atoms with E-state index >= 15 is 0 Å². The Hall–Kier alpha value is -3.29. The van der Waals surface area contributed by atoms with Gasteiger partial charge in [-0.15, -0.1) is 24.0 Å². The second-order valence-electron chi connectivity index (χ2n) is 8.14. The largest absolute Gasteiger partial charge is 0.462 e. The quantitative estimate of drug-likeness (QED) is 0.137. The smallest absolute Gasteiger partial charge is 0.341 e. The number of carbonyl (C=O) groups excluding carboxylic acids is 4. The maximum Gasteiger partial charge on any atom is 0.341 e. The second-order valence-corrected chi connectivity index (χ2v) is 9.46. The summed E-state index contributed by atoms with van der Waals surface area (Å²) in [5.74, 6) is -3.46. The van der Waals surface area contributed by atoms with Gasteiger partial charge < -0.3 is 20.1 Å². The van der Waals surface area contributed by atoms with Crippen LogP contribution in [-0.2, 0) is 30.5 Å². The number of anilines is 1. The summed E-state index contributed by atoms with van der Waals surface area (Å²) in [4.78, 5) is 60.2. The third-order valence-corrected chi connectivity index (χ3v) is 6.98. The standard InChI is InChI=1S/C23H25N3O8S2/c1-3-33-21(28)17-12(2)11-36-20(17)25-19(27)16-8-14(9-24-16)18(23(30)35)22(29)34-10-13-4-6-15(7-5-13)26(31)32/h4-7,11,14,16,18,24H,3,8-10H2,1-2H3,(H,25,27)(H,30,35)/t14-,16+,18?/m1/s1. The van der Waals surface area contributed by atoms with Gasteiger partial charge in [0, 0.05) is 18.7 Å². The Morgan fingerprint density at radius 3 is 2.56 bits per heavy atom. The van der Waals surface area contributed by atoms with E-state index in [4.69, 9.17) is 9.47 Å². The first kappa shape index (κ1) is 27.3. The molecule has 1 amide bonds. The molecule has 192 valence electrons. The number of carbonyl (C=O) groups is 4. The van der Waals surface area contributed by atoms with Crippen LogP contribution in [0.1, 0.15) is 34.8 Å². The van der Waals surface area contributed by atoms with Crippen LogP contribution in [0.25, 0.3) is 0 Å². The number of non-ortho nitro benzene ring substituents is 1. The first-order valence-corrected chi connectivity index (χ1v) is 12.4. The lowest BCUT2D eigenvalue weighted by atomic mass is 9.90. The van der Waals surface area contributed by atoms with Crippen molar-refractivity contribution in [3.05, 3.63) is 56.5 Å². The molecular formula is C23H25N3O8S2. The van der Waals surface area contributed by atoms with Gasteiger partial charge in [-0.3, -0.25) is 24.5 Å². The lowest BCUT2D eigenvalue weighted by Gasteiger charge is -2.18. The first-order chi connectivity index (χ1) is 17.1. The fourth-order valence-electron chi connectivity index (χ4n) is 3.86. The molecule has 0 saturated carbocycles. The number of nitro groups is 1. The molecule has 0 spiro atoms. The molecule has 1 unspecified atom stereocenters. The van der Waals surface area contributed by atoms with Crippen molar-refractivity contribution in [3.8, 4) is 0 Å². The minimum Gasteiger partial charge on any atom is -0.462 e. The van der Waals surface area contributed by atoms with Crippen molar-refractivity contribution in [2.75, 3.05) is 18.5 Å². The van der Waals surface area contributed by atoms with Crippen LogP contribution < -0.4 is 10.6 Å². The van der Waals surface area contributed by atoms with Crippen LogP contribution in [0.3, 0.4) is 0 Å². The minimum atomic E-state index is -1.20. The average Bonchev–Trinajstić information content (AvgIpc) is 3.45. The molecule has 11 nitrogen and oxygen atoms in total. The normalized spacial score (nSPS) is 17.8. The maximum atomic E-state index is 12.9. The summed E-state index contributed by atoms with van der Waals surface area (Å²) in [6, 6.07) is 4.78. The van der Waals surface area contributed by atoms with Gasteiger partial charge in [0.25, 0.3) is 5.69 Å². The van der Waals surface area contributed by atoms with Gasteiger partial charge in [0.05, 0.1) is 23.1 Å². The Morgan fingerprint density at radius 2 is 1.94 bits per heavy atom. The maximum absolute atomic E-state index is 12.9. The number of ether oxygens (including phenoxy) is 2. The number of hydrogen-bond donors (Lipinski definition) is 3. The van der Waals surface area contributed by atoms with E-state index in [1.807, 2.05) is 0 Å². The van der Waals surface area contributed by atoms with Crippen LogP contribution in [0.4, 0.5) is 10.7 Å². The predicted octanol–water partition coefficient (Wildman–Crippen LogP) is 2.87. The number of aryl methyl sites for hydroxylation is 1. The highest BCUT2D eigenvalue weighted by atomic mass is 32.1. The number of thiol groups is 1. The molecule has 0 aliphatic carbocycles. The molecular weight excluding hydrogens is 510 g/mol. The average molecular weight is 536 g/mol. The summed E-state index contributed by atoms with van der Waals surface area (Å²) in [6.45, 7) is 3.67. The van der Waals surface area contributed by atoms with E-state index in [1.54, 1.807) is 19.2 Å². The predicted molar refractivity (Wildman–Crippen MR) is 134 cm³/mol. The van der Waals surface area contributed by atoms with Gasteiger partial charge in [-0.1, -0.05) is 0 Å². The van der Waals surface area contributed by atoms with Crippen molar-refractivity contribution in [2.24, 2.45) is 11.8 Å². The van der Waals surface area contributed by atoms with Crippen molar-refractivity contribution in [1.29, 1.82) is 0 Å². The molecule has 1 fully saturated rings. The number of nitro benzene ring substituents is 1. The number of benzene rings is 1. The van der Waals surface area contributed by atoms with Gasteiger partial charge in [-0.2, -0.15) is 0 Å². The molecule has 1 aromatic carbocycles. The second kappa shape index (κ2) is 12.1. The molecule has 13 heteroatoms. The summed E-state index contributed by atoms with van der Waals surface area (Å²) in [5.41, 5.74) is 1.40. The van der Waals surface area contributed by atoms with E-state index in [0.717, 1.165) is 0 Å². The molecule has 2 N–H and O–H groups in total. The lowest BCUT2D eigenvalue weighted by molar-refractivity contribution is -0.384. The van der Waals surface area contributed by atoms with Gasteiger partial charge in [0.15, 0.2) is 5.12 Å². The Balaban J connectivity index is 1.61. The number of rotatable bonds is 10. The summed E-state index contributed by atoms with van der Waals surface area (Å²) in [5, 5.41) is 17.9. The Kier molecular flexibility index (Phi) is 9.18. The van der Waals surface area contributed by atoms with E-state index in [9.17, 15) is 29.3 Å². The highest BCUT2D eigenvalue weighted by Gasteiger charge is 2.41. The number of thiophene rings is 1. The summed E-state index contributed by atoms with van der Waals surface area (Å²) >= 11 is 5.05. The SMILES string of the molecule is CCOC(=O)c1c(C)csc1NC(=O)[C@@H]1C[C@@H](C(C(=O)S)C(=O)OCc2ccc([N+](=O)[O-])cc2)CN1. The van der Waals surface area contributed by atoms with Crippen LogP contribution in [0.2, 0.25) is 0 Å². The van der Waals surface area contributed by atoms with Crippen molar-refractivity contribution in [1.82, 2.24) is 5.32 Å². The Morgan fingerprint density at radius 1 is 1.25 bits per heavy atom. The topological polar surface area (TPSA) is 154 Å². The van der Waals surface area contributed by atoms with Crippen LogP contribution in [0.15, 0.2) is 29.6 Å². The fraction of sp³-hybridized carbons (Fsp3) is 0.391. The molecule has 2 aromatic rings. The molecule has 1 saturated heterocycles. The molecule has 1 aliphatic rings. The van der Waals surface area contributed by atoms with E-state index in [-0.39, 0.29) is 31.9 Å². The zero-order valence-corrected chi connectivity index (χ0v) is 21.2. The number of nitrogens with zero attached hydrogens (tertiary/aromatic N) is 1. The van der Waals surface area contributed by atoms with E-state index < -0.39 is 45.8 Å². The number of esters is 2. The fourth-order valence-corrected chi connectivity index (χ4v) is 5.11. The zero-order valence-electron chi connectivity index (χ0n) is 19.5. The van der Waals surface area contributed by atoms with Gasteiger partial charge in [-0.05, 0) is 54.8 Å². The Bertz CT molecular complexity index is 1160. The van der Waals surface area contributed by atoms with Gasteiger partial charge in [0.2, 0.25) is 5.91 Å². The molecule has 1 aromatic heterocycles. The number of nitrogens with one attached hydrogen (secondary N) is 2. The van der Waals surface area contributed by atoms with Gasteiger partial charge in [-0.25, -0.2) is 4.79 Å². The van der Waals surface area contributed by atoms with E-state index in [1.165, 1.54) is 35.6 Å². The molecule has 0 radical (unpaired) electrons. The molecule has 1 aliphatic heterocycles. The lowest BCUT2D eigenvalue weighted by Crippen LogP contribution is -2.35.